The number of hydrogen-bond acceptors (Lipinski definition) is 6. The molecule has 1 fully saturated rings. The molecule has 1 aliphatic heterocycles. The number of nitrogens with zero attached hydrogens (tertiary/aromatic N) is 5. The van der Waals surface area contributed by atoms with Crippen molar-refractivity contribution in [3.05, 3.63) is 40.8 Å². The van der Waals surface area contributed by atoms with Gasteiger partial charge in [-0.05, 0) is 30.5 Å². The second-order valence-electron chi connectivity index (χ2n) is 8.01. The number of aromatic amines is 1. The van der Waals surface area contributed by atoms with Crippen LogP contribution in [0.1, 0.15) is 29.8 Å². The summed E-state index contributed by atoms with van der Waals surface area (Å²) < 4.78 is 0. The molecule has 0 atom stereocenters. The van der Waals surface area contributed by atoms with Crippen molar-refractivity contribution in [1.29, 1.82) is 0 Å². The van der Waals surface area contributed by atoms with Crippen LogP contribution in [0, 0.1) is 12.8 Å². The Morgan fingerprint density at radius 2 is 1.93 bits per heavy atom. The van der Waals surface area contributed by atoms with Crippen molar-refractivity contribution >= 4 is 40.0 Å². The summed E-state index contributed by atoms with van der Waals surface area (Å²) in [7, 11) is 0. The highest BCUT2D eigenvalue weighted by molar-refractivity contribution is 6.35. The number of aromatic nitrogens is 4. The number of benzene rings is 1. The van der Waals surface area contributed by atoms with E-state index in [9.17, 15) is 4.79 Å². The lowest BCUT2D eigenvalue weighted by Crippen LogP contribution is -2.47. The Morgan fingerprint density at radius 1 is 1.20 bits per heavy atom. The quantitative estimate of drug-likeness (QED) is 0.650. The Morgan fingerprint density at radius 3 is 2.67 bits per heavy atom. The third-order valence-electron chi connectivity index (χ3n) is 5.36. The first-order chi connectivity index (χ1) is 14.4. The normalized spacial score (nSPS) is 14.6. The lowest BCUT2D eigenvalue weighted by atomic mass is 10.1. The topological polar surface area (TPSA) is 90.0 Å². The predicted molar refractivity (Wildman–Crippen MR) is 119 cm³/mol. The molecule has 0 bridgehead atoms. The van der Waals surface area contributed by atoms with Crippen LogP contribution in [-0.4, -0.2) is 58.8 Å². The molecule has 2 N–H and O–H groups in total. The van der Waals surface area contributed by atoms with Crippen LogP contribution in [0.3, 0.4) is 0 Å². The summed E-state index contributed by atoms with van der Waals surface area (Å²) in [6, 6.07) is 5.91. The first-order valence-electron chi connectivity index (χ1n) is 10.2. The molecule has 1 aliphatic rings. The van der Waals surface area contributed by atoms with Crippen molar-refractivity contribution < 1.29 is 4.79 Å². The maximum Gasteiger partial charge on any atom is 0.251 e. The number of carbonyl (C=O) groups is 1. The van der Waals surface area contributed by atoms with E-state index in [4.69, 9.17) is 11.6 Å². The highest BCUT2D eigenvalue weighted by atomic mass is 35.5. The molecule has 3 heterocycles. The van der Waals surface area contributed by atoms with E-state index in [0.29, 0.717) is 28.8 Å². The van der Waals surface area contributed by atoms with E-state index in [-0.39, 0.29) is 5.91 Å². The van der Waals surface area contributed by atoms with Gasteiger partial charge in [0.05, 0.1) is 0 Å². The van der Waals surface area contributed by atoms with Crippen molar-refractivity contribution in [3.8, 4) is 0 Å². The summed E-state index contributed by atoms with van der Waals surface area (Å²) >= 11 is 6.24. The number of amides is 1. The minimum absolute atomic E-state index is 0.0263. The van der Waals surface area contributed by atoms with Gasteiger partial charge in [0.15, 0.2) is 10.8 Å². The Hall–Kier alpha value is -2.87. The van der Waals surface area contributed by atoms with E-state index in [1.807, 2.05) is 18.2 Å². The van der Waals surface area contributed by atoms with Gasteiger partial charge in [0.2, 0.25) is 0 Å². The molecule has 0 unspecified atom stereocenters. The van der Waals surface area contributed by atoms with Gasteiger partial charge < -0.3 is 15.1 Å². The molecule has 4 rings (SSSR count). The van der Waals surface area contributed by atoms with Gasteiger partial charge in [-0.25, -0.2) is 9.97 Å². The number of carbonyl (C=O) groups excluding carboxylic acids is 1. The molecule has 2 aromatic heterocycles. The molecular weight excluding hydrogens is 402 g/mol. The van der Waals surface area contributed by atoms with Crippen LogP contribution in [-0.2, 0) is 0 Å². The molecule has 1 amide bonds. The van der Waals surface area contributed by atoms with Crippen LogP contribution in [0.15, 0.2) is 24.5 Å². The van der Waals surface area contributed by atoms with Gasteiger partial charge in [-0.2, -0.15) is 5.10 Å². The number of H-pyrrole nitrogens is 1. The number of piperazine rings is 1. The average Bonchev–Trinajstić information content (AvgIpc) is 3.13. The van der Waals surface area contributed by atoms with Crippen molar-refractivity contribution in [2.75, 3.05) is 42.5 Å². The fourth-order valence-electron chi connectivity index (χ4n) is 3.70. The van der Waals surface area contributed by atoms with Crippen LogP contribution in [0.2, 0.25) is 5.15 Å². The van der Waals surface area contributed by atoms with Crippen molar-refractivity contribution in [2.45, 2.75) is 20.8 Å². The fourth-order valence-corrected chi connectivity index (χ4v) is 3.91. The molecule has 3 aromatic rings. The van der Waals surface area contributed by atoms with E-state index in [2.05, 4.69) is 56.1 Å². The molecule has 158 valence electrons. The third-order valence-corrected chi connectivity index (χ3v) is 5.63. The first-order valence-corrected chi connectivity index (χ1v) is 10.5. The lowest BCUT2D eigenvalue weighted by Gasteiger charge is -2.37. The molecule has 1 aromatic carbocycles. The summed E-state index contributed by atoms with van der Waals surface area (Å²) in [6.07, 6.45) is 1.53. The molecule has 0 aliphatic carbocycles. The largest absolute Gasteiger partial charge is 0.368 e. The molecule has 9 heteroatoms. The molecule has 0 spiro atoms. The van der Waals surface area contributed by atoms with Gasteiger partial charge in [0, 0.05) is 44.0 Å². The van der Waals surface area contributed by atoms with Gasteiger partial charge in [0.1, 0.15) is 17.5 Å². The number of fused-ring (bicyclic) bond motifs is 1. The molecular formula is C21H26ClN7O. The number of hydrogen-bond donors (Lipinski definition) is 2. The maximum absolute atomic E-state index is 12.5. The van der Waals surface area contributed by atoms with Crippen LogP contribution in [0.4, 0.5) is 11.5 Å². The smallest absolute Gasteiger partial charge is 0.251 e. The zero-order valence-corrected chi connectivity index (χ0v) is 18.2. The predicted octanol–water partition coefficient (Wildman–Crippen LogP) is 3.03. The number of anilines is 2. The average molecular weight is 428 g/mol. The Bertz CT molecular complexity index is 1060. The summed E-state index contributed by atoms with van der Waals surface area (Å²) in [4.78, 5) is 25.7. The van der Waals surface area contributed by atoms with Gasteiger partial charge in [0.25, 0.3) is 5.91 Å². The van der Waals surface area contributed by atoms with Crippen molar-refractivity contribution in [1.82, 2.24) is 25.5 Å². The SMILES string of the molecule is Cc1ccc(C(=O)NCC(C)C)cc1N1CCN(c2ncnc3[nH]nc(Cl)c23)CC1. The van der Waals surface area contributed by atoms with Crippen LogP contribution in [0.25, 0.3) is 11.0 Å². The summed E-state index contributed by atoms with van der Waals surface area (Å²) in [6.45, 7) is 10.1. The summed E-state index contributed by atoms with van der Waals surface area (Å²) in [5, 5.41) is 11.0. The number of aryl methyl sites for hydroxylation is 1. The maximum atomic E-state index is 12.5. The van der Waals surface area contributed by atoms with E-state index in [0.717, 1.165) is 48.6 Å². The standard InChI is InChI=1S/C21H26ClN7O/c1-13(2)11-23-21(30)15-5-4-14(3)16(10-15)28-6-8-29(9-7-28)20-17-18(22)26-27-19(17)24-12-25-20/h4-5,10,12-13H,6-9,11H2,1-3H3,(H,23,30)(H,24,25,26,27). The number of rotatable bonds is 5. The number of nitrogens with one attached hydrogen (secondary N) is 2. The minimum atomic E-state index is -0.0263. The lowest BCUT2D eigenvalue weighted by molar-refractivity contribution is 0.0949. The highest BCUT2D eigenvalue weighted by Crippen LogP contribution is 2.30. The summed E-state index contributed by atoms with van der Waals surface area (Å²) in [5.74, 6) is 1.20. The first kappa shape index (κ1) is 20.4. The van der Waals surface area contributed by atoms with Crippen LogP contribution in [0.5, 0.6) is 0 Å². The van der Waals surface area contributed by atoms with Gasteiger partial charge >= 0.3 is 0 Å². The zero-order valence-electron chi connectivity index (χ0n) is 17.4. The van der Waals surface area contributed by atoms with Gasteiger partial charge in [-0.3, -0.25) is 9.89 Å². The minimum Gasteiger partial charge on any atom is -0.368 e. The van der Waals surface area contributed by atoms with Crippen LogP contribution >= 0.6 is 11.6 Å². The Balaban J connectivity index is 1.49. The molecule has 30 heavy (non-hydrogen) atoms. The molecule has 0 radical (unpaired) electrons. The summed E-state index contributed by atoms with van der Waals surface area (Å²) in [5.41, 5.74) is 3.59. The van der Waals surface area contributed by atoms with Gasteiger partial charge in [-0.15, -0.1) is 0 Å². The zero-order chi connectivity index (χ0) is 21.3. The molecule has 8 nitrogen and oxygen atoms in total. The van der Waals surface area contributed by atoms with Crippen molar-refractivity contribution in [3.63, 3.8) is 0 Å². The third kappa shape index (κ3) is 4.05. The van der Waals surface area contributed by atoms with E-state index < -0.39 is 0 Å². The number of halogens is 1. The van der Waals surface area contributed by atoms with E-state index in [1.54, 1.807) is 0 Å². The Kier molecular flexibility index (Phi) is 5.76. The van der Waals surface area contributed by atoms with E-state index >= 15 is 0 Å². The molecule has 1 saturated heterocycles. The second kappa shape index (κ2) is 8.47. The van der Waals surface area contributed by atoms with Gasteiger partial charge in [-0.1, -0.05) is 31.5 Å². The van der Waals surface area contributed by atoms with Crippen LogP contribution < -0.4 is 15.1 Å². The monoisotopic (exact) mass is 427 g/mol. The highest BCUT2D eigenvalue weighted by Gasteiger charge is 2.23. The van der Waals surface area contributed by atoms with E-state index in [1.165, 1.54) is 6.33 Å². The second-order valence-corrected chi connectivity index (χ2v) is 8.37. The molecule has 0 saturated carbocycles. The van der Waals surface area contributed by atoms with Crippen molar-refractivity contribution in [2.24, 2.45) is 5.92 Å². The fraction of sp³-hybridized carbons (Fsp3) is 0.429. The Labute approximate surface area is 180 Å².